The van der Waals surface area contributed by atoms with Crippen molar-refractivity contribution in [3.05, 3.63) is 72.1 Å². The fourth-order valence-electron chi connectivity index (χ4n) is 5.00. The van der Waals surface area contributed by atoms with Gasteiger partial charge < -0.3 is 14.7 Å². The Bertz CT molecular complexity index is 1500. The predicted octanol–water partition coefficient (Wildman–Crippen LogP) is 3.01. The number of amides is 2. The monoisotopic (exact) mass is 595 g/mol. The molecule has 1 N–H and O–H groups in total. The van der Waals surface area contributed by atoms with E-state index >= 15 is 4.39 Å². The molecule has 12 nitrogen and oxygen atoms in total. The van der Waals surface area contributed by atoms with Crippen LogP contribution >= 0.6 is 0 Å². The number of hydrazone groups is 1. The van der Waals surface area contributed by atoms with Gasteiger partial charge in [-0.25, -0.2) is 23.3 Å². The van der Waals surface area contributed by atoms with E-state index in [2.05, 4.69) is 21.8 Å². The second-order valence-corrected chi connectivity index (χ2v) is 11.6. The number of halogens is 2. The first kappa shape index (κ1) is 29.8. The Morgan fingerprint density at radius 1 is 1.12 bits per heavy atom. The smallest absolute Gasteiger partial charge is 0.440 e. The van der Waals surface area contributed by atoms with Crippen molar-refractivity contribution in [1.29, 1.82) is 0 Å². The van der Waals surface area contributed by atoms with Gasteiger partial charge in [0.1, 0.15) is 22.3 Å². The van der Waals surface area contributed by atoms with Gasteiger partial charge in [0.25, 0.3) is 0 Å². The van der Waals surface area contributed by atoms with E-state index in [1.807, 2.05) is 0 Å². The van der Waals surface area contributed by atoms with E-state index in [-0.39, 0.29) is 38.1 Å². The number of hydrogen-bond acceptors (Lipinski definition) is 9. The Morgan fingerprint density at radius 2 is 1.84 bits per heavy atom. The number of rotatable bonds is 9. The molecule has 3 aromatic rings. The Balaban J connectivity index is 1.34. The number of carbonyl (C=O) groups is 2. The number of aromatic nitrogens is 3. The first-order valence-corrected chi connectivity index (χ1v) is 13.7. The number of carbonyl (C=O) groups excluding carboxylic acids is 2. The Kier molecular flexibility index (Phi) is 8.00. The summed E-state index contributed by atoms with van der Waals surface area (Å²) in [6, 6.07) is 8.77. The number of β-amino-alcohol motifs (C(OH)–C–C–N with tert-alkyl or cyclic N) is 1. The van der Waals surface area contributed by atoms with Gasteiger partial charge in [0, 0.05) is 30.4 Å². The van der Waals surface area contributed by atoms with Gasteiger partial charge in [0.05, 0.1) is 36.1 Å². The second kappa shape index (κ2) is 11.5. The average molecular weight is 596 g/mol. The summed E-state index contributed by atoms with van der Waals surface area (Å²) >= 11 is 0. The van der Waals surface area contributed by atoms with Gasteiger partial charge in [-0.3, -0.25) is 9.69 Å². The predicted molar refractivity (Wildman–Crippen MR) is 152 cm³/mol. The number of esters is 1. The first-order chi connectivity index (χ1) is 20.4. The standard InChI is InChI=1S/C29H33F2N8O4/c1-20(37-13-14-38(27(37)41)22-6-8-23(9-7-22)39-12-11-32-34-39)29(42,24-10-5-21(30)15-25(24)31)16-36-18-35(17-33-36)19-43-26(40)28(2,3)4/h5-12,15,20,42H,13-14,16,18-19H2,1-4H3/q+1/t20-,29+/m1/s1. The summed E-state index contributed by atoms with van der Waals surface area (Å²) in [5.41, 5.74) is -1.48. The van der Waals surface area contributed by atoms with Crippen LogP contribution in [0.1, 0.15) is 33.3 Å². The molecule has 43 heavy (non-hydrogen) atoms. The quantitative estimate of drug-likeness (QED) is 0.296. The molecular formula is C29H33F2N8O4+. The highest BCUT2D eigenvalue weighted by Gasteiger charge is 2.48. The van der Waals surface area contributed by atoms with E-state index in [4.69, 9.17) is 4.74 Å². The van der Waals surface area contributed by atoms with E-state index in [9.17, 15) is 19.1 Å². The molecule has 226 valence electrons. The molecule has 2 aliphatic rings. The molecule has 3 heterocycles. The highest BCUT2D eigenvalue weighted by atomic mass is 19.1. The molecule has 0 aliphatic carbocycles. The van der Waals surface area contributed by atoms with Gasteiger partial charge in [-0.1, -0.05) is 16.2 Å². The van der Waals surface area contributed by atoms with Gasteiger partial charge in [-0.15, -0.1) is 5.10 Å². The fourth-order valence-corrected chi connectivity index (χ4v) is 5.00. The van der Waals surface area contributed by atoms with Crippen LogP contribution in [-0.4, -0.2) is 92.3 Å². The number of benzene rings is 2. The van der Waals surface area contributed by atoms with Crippen LogP contribution in [0.5, 0.6) is 0 Å². The molecule has 14 heteroatoms. The van der Waals surface area contributed by atoms with E-state index in [1.165, 1.54) is 20.9 Å². The van der Waals surface area contributed by atoms with Crippen molar-refractivity contribution in [2.75, 3.05) is 37.9 Å². The summed E-state index contributed by atoms with van der Waals surface area (Å²) in [6.07, 6.45) is 5.98. The number of nitrogens with zero attached hydrogens (tertiary/aromatic N) is 8. The first-order valence-electron chi connectivity index (χ1n) is 13.7. The van der Waals surface area contributed by atoms with Crippen molar-refractivity contribution in [3.8, 4) is 5.69 Å². The number of anilines is 1. The lowest BCUT2D eigenvalue weighted by molar-refractivity contribution is -0.156. The van der Waals surface area contributed by atoms with Crippen molar-refractivity contribution >= 4 is 24.0 Å². The molecule has 0 spiro atoms. The molecule has 2 amide bonds. The number of urea groups is 1. The zero-order chi connectivity index (χ0) is 30.9. The number of aliphatic hydroxyl groups is 1. The Morgan fingerprint density at radius 3 is 2.49 bits per heavy atom. The summed E-state index contributed by atoms with van der Waals surface area (Å²) < 4.78 is 36.0. The number of hydrogen-bond donors (Lipinski definition) is 1. The van der Waals surface area contributed by atoms with Crippen molar-refractivity contribution < 1.29 is 28.2 Å². The van der Waals surface area contributed by atoms with Gasteiger partial charge >= 0.3 is 18.3 Å². The highest BCUT2D eigenvalue weighted by molar-refractivity contribution is 5.94. The highest BCUT2D eigenvalue weighted by Crippen LogP contribution is 2.35. The van der Waals surface area contributed by atoms with E-state index in [0.717, 1.165) is 11.8 Å². The Hall–Kier alpha value is -4.68. The lowest BCUT2D eigenvalue weighted by atomic mass is 9.85. The molecule has 2 aromatic carbocycles. The molecule has 1 aromatic heterocycles. The zero-order valence-electron chi connectivity index (χ0n) is 24.3. The molecule has 0 saturated carbocycles. The molecule has 0 unspecified atom stereocenters. The summed E-state index contributed by atoms with van der Waals surface area (Å²) in [7, 11) is 0. The largest absolute Gasteiger partial charge is 0.547 e. The minimum absolute atomic E-state index is 0.0768. The summed E-state index contributed by atoms with van der Waals surface area (Å²) in [6.45, 7) is 7.09. The van der Waals surface area contributed by atoms with Gasteiger partial charge in [-0.05, 0) is 58.0 Å². The molecule has 1 fully saturated rings. The second-order valence-electron chi connectivity index (χ2n) is 11.6. The molecule has 0 bridgehead atoms. The third kappa shape index (κ3) is 6.11. The normalized spacial score (nSPS) is 17.3. The van der Waals surface area contributed by atoms with Crippen molar-refractivity contribution in [2.24, 2.45) is 10.5 Å². The zero-order valence-corrected chi connectivity index (χ0v) is 24.3. The molecule has 0 radical (unpaired) electrons. The van der Waals surface area contributed by atoms with Crippen LogP contribution in [0.3, 0.4) is 0 Å². The lowest BCUT2D eigenvalue weighted by Crippen LogP contribution is -2.55. The van der Waals surface area contributed by atoms with E-state index < -0.39 is 34.7 Å². The Labute approximate surface area is 247 Å². The third-order valence-electron chi connectivity index (χ3n) is 7.49. The van der Waals surface area contributed by atoms with Crippen LogP contribution in [0.2, 0.25) is 0 Å². The minimum atomic E-state index is -2.01. The van der Waals surface area contributed by atoms with Crippen molar-refractivity contribution in [1.82, 2.24) is 29.8 Å². The summed E-state index contributed by atoms with van der Waals surface area (Å²) in [5, 5.41) is 25.5. The maximum Gasteiger partial charge on any atom is 0.547 e. The lowest BCUT2D eigenvalue weighted by Gasteiger charge is -2.40. The van der Waals surface area contributed by atoms with Crippen LogP contribution in [0, 0.1) is 17.0 Å². The molecule has 5 rings (SSSR count). The van der Waals surface area contributed by atoms with Crippen LogP contribution in [0.25, 0.3) is 5.69 Å². The molecule has 1 saturated heterocycles. The maximum absolute atomic E-state index is 15.2. The van der Waals surface area contributed by atoms with Crippen LogP contribution in [0.15, 0.2) is 60.0 Å². The maximum atomic E-state index is 15.2. The average Bonchev–Trinajstić information content (AvgIpc) is 3.73. The van der Waals surface area contributed by atoms with Crippen LogP contribution in [0.4, 0.5) is 19.3 Å². The summed E-state index contributed by atoms with van der Waals surface area (Å²) in [4.78, 5) is 30.3. The summed E-state index contributed by atoms with van der Waals surface area (Å²) in [5.74, 6) is -2.16. The topological polar surface area (TPSA) is 120 Å². The third-order valence-corrected chi connectivity index (χ3v) is 7.49. The van der Waals surface area contributed by atoms with E-state index in [0.29, 0.717) is 18.3 Å². The van der Waals surface area contributed by atoms with Gasteiger partial charge in [0.15, 0.2) is 6.67 Å². The SMILES string of the molecule is C[C@@H](N1CCN(c2ccc(-n3ccnn3)cc2)C1=O)[C@@](O)(CN1CN(COC(=O)C(C)(C)C)[C+]=N1)c1ccc(F)cc1F. The minimum Gasteiger partial charge on any atom is -0.440 e. The van der Waals surface area contributed by atoms with Crippen molar-refractivity contribution in [2.45, 2.75) is 39.3 Å². The molecular weight excluding hydrogens is 562 g/mol. The number of ether oxygens (including phenoxy) is 1. The van der Waals surface area contributed by atoms with Gasteiger partial charge in [0.2, 0.25) is 6.73 Å². The van der Waals surface area contributed by atoms with Crippen molar-refractivity contribution in [3.63, 3.8) is 0 Å². The van der Waals surface area contributed by atoms with E-state index in [1.54, 1.807) is 73.9 Å². The van der Waals surface area contributed by atoms with Crippen LogP contribution in [-0.2, 0) is 15.1 Å². The van der Waals surface area contributed by atoms with Crippen LogP contribution < -0.4 is 4.90 Å². The molecule has 2 atom stereocenters. The molecule has 2 aliphatic heterocycles. The van der Waals surface area contributed by atoms with Gasteiger partial charge in [-0.2, -0.15) is 0 Å². The fraction of sp³-hybridized carbons (Fsp3) is 0.414.